The molecule has 2 N–H and O–H groups in total. The van der Waals surface area contributed by atoms with Gasteiger partial charge in [0.15, 0.2) is 5.13 Å². The van der Waals surface area contributed by atoms with Crippen LogP contribution in [0.25, 0.3) is 22.6 Å². The molecule has 7 heteroatoms. The van der Waals surface area contributed by atoms with Crippen molar-refractivity contribution in [3.8, 4) is 22.6 Å². The lowest BCUT2D eigenvalue weighted by molar-refractivity contribution is 0.251. The van der Waals surface area contributed by atoms with Crippen molar-refractivity contribution in [2.75, 3.05) is 5.32 Å². The number of rotatable bonds is 5. The fourth-order valence-corrected chi connectivity index (χ4v) is 3.27. The van der Waals surface area contributed by atoms with Gasteiger partial charge >= 0.3 is 6.03 Å². The van der Waals surface area contributed by atoms with E-state index in [1.165, 1.54) is 11.3 Å². The maximum atomic E-state index is 12.2. The normalized spacial score (nSPS) is 10.5. The largest absolute Gasteiger partial charge is 0.464 e. The molecule has 0 aliphatic heterocycles. The van der Waals surface area contributed by atoms with Crippen LogP contribution in [0, 0.1) is 0 Å². The van der Waals surface area contributed by atoms with Crippen molar-refractivity contribution >= 4 is 22.5 Å². The summed E-state index contributed by atoms with van der Waals surface area (Å²) in [6.07, 6.45) is 5.05. The van der Waals surface area contributed by atoms with Crippen LogP contribution in [0.1, 0.15) is 5.56 Å². The summed E-state index contributed by atoms with van der Waals surface area (Å²) in [4.78, 5) is 20.8. The van der Waals surface area contributed by atoms with Crippen molar-refractivity contribution in [2.45, 2.75) is 6.54 Å². The molecule has 0 unspecified atom stereocenters. The van der Waals surface area contributed by atoms with Crippen LogP contribution < -0.4 is 10.6 Å². The minimum absolute atomic E-state index is 0.313. The van der Waals surface area contributed by atoms with Gasteiger partial charge in [0.1, 0.15) is 5.76 Å². The molecule has 1 aromatic carbocycles. The van der Waals surface area contributed by atoms with E-state index in [2.05, 4.69) is 20.6 Å². The van der Waals surface area contributed by atoms with E-state index in [1.807, 2.05) is 53.9 Å². The zero-order chi connectivity index (χ0) is 18.5. The summed E-state index contributed by atoms with van der Waals surface area (Å²) in [5, 5.41) is 8.05. The Morgan fingerprint density at radius 3 is 2.78 bits per heavy atom. The number of carbonyl (C=O) groups is 1. The van der Waals surface area contributed by atoms with Crippen LogP contribution in [-0.4, -0.2) is 16.0 Å². The summed E-state index contributed by atoms with van der Waals surface area (Å²) in [5.41, 5.74) is 3.60. The van der Waals surface area contributed by atoms with Crippen molar-refractivity contribution in [3.05, 3.63) is 78.1 Å². The topological polar surface area (TPSA) is 80.0 Å². The highest BCUT2D eigenvalue weighted by Gasteiger charge is 2.08. The van der Waals surface area contributed by atoms with Crippen LogP contribution >= 0.6 is 11.3 Å². The molecule has 0 fully saturated rings. The second-order valence-electron chi connectivity index (χ2n) is 5.77. The molecule has 0 spiro atoms. The Morgan fingerprint density at radius 1 is 1.07 bits per heavy atom. The van der Waals surface area contributed by atoms with Crippen LogP contribution in [-0.2, 0) is 6.54 Å². The van der Waals surface area contributed by atoms with Crippen molar-refractivity contribution in [1.82, 2.24) is 15.3 Å². The molecule has 3 heterocycles. The van der Waals surface area contributed by atoms with Gasteiger partial charge in [-0.05, 0) is 23.8 Å². The lowest BCUT2D eigenvalue weighted by Gasteiger charge is -2.06. The summed E-state index contributed by atoms with van der Waals surface area (Å²) in [6.45, 7) is 0.351. The number of hydrogen-bond donors (Lipinski definition) is 2. The van der Waals surface area contributed by atoms with Gasteiger partial charge in [0, 0.05) is 35.4 Å². The average molecular weight is 376 g/mol. The van der Waals surface area contributed by atoms with Gasteiger partial charge in [-0.3, -0.25) is 10.3 Å². The molecule has 4 aromatic rings. The van der Waals surface area contributed by atoms with E-state index in [0.29, 0.717) is 11.7 Å². The predicted molar refractivity (Wildman–Crippen MR) is 105 cm³/mol. The molecule has 0 radical (unpaired) electrons. The van der Waals surface area contributed by atoms with Crippen LogP contribution in [0.2, 0.25) is 0 Å². The number of pyridine rings is 1. The number of amides is 2. The minimum atomic E-state index is -0.313. The molecular formula is C20H16N4O2S. The zero-order valence-corrected chi connectivity index (χ0v) is 15.1. The smallest absolute Gasteiger partial charge is 0.321 e. The monoisotopic (exact) mass is 376 g/mol. The first-order chi connectivity index (χ1) is 13.3. The van der Waals surface area contributed by atoms with Gasteiger partial charge in [-0.2, -0.15) is 0 Å². The van der Waals surface area contributed by atoms with Gasteiger partial charge in [0.05, 0.1) is 12.0 Å². The van der Waals surface area contributed by atoms with Gasteiger partial charge in [0.25, 0.3) is 0 Å². The second kappa shape index (κ2) is 7.84. The lowest BCUT2D eigenvalue weighted by atomic mass is 10.1. The molecule has 4 rings (SSSR count). The number of furan rings is 1. The van der Waals surface area contributed by atoms with E-state index in [0.717, 1.165) is 28.1 Å². The Kier molecular flexibility index (Phi) is 4.93. The second-order valence-corrected chi connectivity index (χ2v) is 6.63. The summed E-state index contributed by atoms with van der Waals surface area (Å²) >= 11 is 1.39. The van der Waals surface area contributed by atoms with Crippen molar-refractivity contribution < 1.29 is 9.21 Å². The first-order valence-corrected chi connectivity index (χ1v) is 9.19. The molecule has 0 saturated carbocycles. The quantitative estimate of drug-likeness (QED) is 0.525. The van der Waals surface area contributed by atoms with Crippen molar-refractivity contribution in [1.29, 1.82) is 0 Å². The Labute approximate surface area is 159 Å². The number of urea groups is 1. The first kappa shape index (κ1) is 17.0. The van der Waals surface area contributed by atoms with E-state index >= 15 is 0 Å². The van der Waals surface area contributed by atoms with E-state index in [9.17, 15) is 4.79 Å². The third kappa shape index (κ3) is 4.21. The van der Waals surface area contributed by atoms with Crippen LogP contribution in [0.15, 0.2) is 77.0 Å². The molecule has 134 valence electrons. The standard InChI is InChI=1S/C20H16N4O2S/c25-19(24-20-23-17(13-27-20)15-5-2-1-3-6-15)22-11-14-9-16(12-21-10-14)18-7-4-8-26-18/h1-10,12-13H,11H2,(H2,22,23,24,25). The van der Waals surface area contributed by atoms with E-state index < -0.39 is 0 Å². The van der Waals surface area contributed by atoms with Crippen LogP contribution in [0.5, 0.6) is 0 Å². The number of anilines is 1. The number of nitrogens with one attached hydrogen (secondary N) is 2. The van der Waals surface area contributed by atoms with Gasteiger partial charge < -0.3 is 9.73 Å². The fraction of sp³-hybridized carbons (Fsp3) is 0.0500. The summed E-state index contributed by atoms with van der Waals surface area (Å²) < 4.78 is 5.37. The molecule has 6 nitrogen and oxygen atoms in total. The molecule has 0 aliphatic rings. The molecule has 0 aliphatic carbocycles. The van der Waals surface area contributed by atoms with Gasteiger partial charge in [-0.15, -0.1) is 11.3 Å². The Hall–Kier alpha value is -3.45. The van der Waals surface area contributed by atoms with Gasteiger partial charge in [0.2, 0.25) is 0 Å². The van der Waals surface area contributed by atoms with E-state index in [4.69, 9.17) is 4.42 Å². The van der Waals surface area contributed by atoms with Gasteiger partial charge in [-0.1, -0.05) is 30.3 Å². The molecule has 0 bridgehead atoms. The third-order valence-corrected chi connectivity index (χ3v) is 4.61. The highest BCUT2D eigenvalue weighted by Crippen LogP contribution is 2.24. The molecule has 27 heavy (non-hydrogen) atoms. The number of thiazole rings is 1. The molecular weight excluding hydrogens is 360 g/mol. The summed E-state index contributed by atoms with van der Waals surface area (Å²) in [6, 6.07) is 15.2. The number of aromatic nitrogens is 2. The number of benzene rings is 1. The maximum absolute atomic E-state index is 12.2. The van der Waals surface area contributed by atoms with Crippen LogP contribution in [0.4, 0.5) is 9.93 Å². The van der Waals surface area contributed by atoms with Crippen molar-refractivity contribution in [3.63, 3.8) is 0 Å². The zero-order valence-electron chi connectivity index (χ0n) is 14.3. The Balaban J connectivity index is 1.35. The molecule has 0 saturated heterocycles. The number of nitrogens with zero attached hydrogens (tertiary/aromatic N) is 2. The molecule has 3 aromatic heterocycles. The van der Waals surface area contributed by atoms with Crippen LogP contribution in [0.3, 0.4) is 0 Å². The lowest BCUT2D eigenvalue weighted by Crippen LogP contribution is -2.28. The third-order valence-electron chi connectivity index (χ3n) is 3.85. The minimum Gasteiger partial charge on any atom is -0.464 e. The fourth-order valence-electron chi connectivity index (χ4n) is 2.56. The molecule has 2 amide bonds. The average Bonchev–Trinajstić information content (AvgIpc) is 3.40. The van der Waals surface area contributed by atoms with E-state index in [1.54, 1.807) is 18.7 Å². The maximum Gasteiger partial charge on any atom is 0.321 e. The molecule has 0 atom stereocenters. The SMILES string of the molecule is O=C(NCc1cncc(-c2ccco2)c1)Nc1nc(-c2ccccc2)cs1. The highest BCUT2D eigenvalue weighted by molar-refractivity contribution is 7.14. The predicted octanol–water partition coefficient (Wildman–Crippen LogP) is 4.79. The summed E-state index contributed by atoms with van der Waals surface area (Å²) in [5.74, 6) is 0.741. The Bertz CT molecular complexity index is 1030. The first-order valence-electron chi connectivity index (χ1n) is 8.31. The number of hydrogen-bond acceptors (Lipinski definition) is 5. The summed E-state index contributed by atoms with van der Waals surface area (Å²) in [7, 11) is 0. The van der Waals surface area contributed by atoms with Gasteiger partial charge in [-0.25, -0.2) is 9.78 Å². The Morgan fingerprint density at radius 2 is 1.96 bits per heavy atom. The van der Waals surface area contributed by atoms with Crippen molar-refractivity contribution in [2.24, 2.45) is 0 Å². The highest BCUT2D eigenvalue weighted by atomic mass is 32.1. The van der Waals surface area contributed by atoms with E-state index in [-0.39, 0.29) is 6.03 Å². The number of carbonyl (C=O) groups excluding carboxylic acids is 1.